The van der Waals surface area contributed by atoms with Crippen molar-refractivity contribution in [2.75, 3.05) is 26.2 Å². The second kappa shape index (κ2) is 7.28. The predicted octanol–water partition coefficient (Wildman–Crippen LogP) is 0.754. The van der Waals surface area contributed by atoms with Crippen LogP contribution >= 0.6 is 0 Å². The Balaban J connectivity index is 2.48. The fourth-order valence-electron chi connectivity index (χ4n) is 2.26. The van der Waals surface area contributed by atoms with E-state index in [4.69, 9.17) is 5.73 Å². The number of guanidine groups is 1. The highest BCUT2D eigenvalue weighted by Gasteiger charge is 2.45. The Morgan fingerprint density at radius 1 is 1.33 bits per heavy atom. The van der Waals surface area contributed by atoms with E-state index in [9.17, 15) is 9.59 Å². The summed E-state index contributed by atoms with van der Waals surface area (Å²) < 4.78 is 0. The summed E-state index contributed by atoms with van der Waals surface area (Å²) in [6, 6.07) is -0.315. The first kappa shape index (κ1) is 17.3. The largest absolute Gasteiger partial charge is 0.370 e. The van der Waals surface area contributed by atoms with Crippen molar-refractivity contribution in [3.63, 3.8) is 0 Å². The quantitative estimate of drug-likeness (QED) is 0.314. The van der Waals surface area contributed by atoms with Crippen LogP contribution in [-0.2, 0) is 4.79 Å². The van der Waals surface area contributed by atoms with Crippen LogP contribution in [0.4, 0.5) is 4.79 Å². The highest BCUT2D eigenvalue weighted by atomic mass is 16.2. The summed E-state index contributed by atoms with van der Waals surface area (Å²) in [7, 11) is 0. The molecule has 1 aliphatic rings. The highest BCUT2D eigenvalue weighted by Crippen LogP contribution is 2.20. The minimum Gasteiger partial charge on any atom is -0.370 e. The Labute approximate surface area is 126 Å². The zero-order valence-corrected chi connectivity index (χ0v) is 13.5. The molecule has 0 aliphatic carbocycles. The van der Waals surface area contributed by atoms with Gasteiger partial charge in [-0.25, -0.2) is 4.79 Å². The molecule has 7 heteroatoms. The lowest BCUT2D eigenvalue weighted by molar-refractivity contribution is -0.130. The molecule has 120 valence electrons. The lowest BCUT2D eigenvalue weighted by Gasteiger charge is -2.20. The fourth-order valence-corrected chi connectivity index (χ4v) is 2.26. The lowest BCUT2D eigenvalue weighted by Crippen LogP contribution is -2.43. The van der Waals surface area contributed by atoms with Gasteiger partial charge in [0, 0.05) is 26.2 Å². The average molecular weight is 297 g/mol. The number of rotatable bonds is 7. The van der Waals surface area contributed by atoms with Crippen LogP contribution < -0.4 is 11.1 Å². The molecule has 1 rings (SSSR count). The van der Waals surface area contributed by atoms with Gasteiger partial charge in [-0.05, 0) is 33.6 Å². The molecule has 0 aromatic heterocycles. The molecule has 1 heterocycles. The fraction of sp³-hybridized carbons (Fsp3) is 0.786. The molecule has 0 radical (unpaired) electrons. The van der Waals surface area contributed by atoms with E-state index >= 15 is 0 Å². The van der Waals surface area contributed by atoms with E-state index in [2.05, 4.69) is 10.3 Å². The number of carbonyl (C=O) groups excluding carboxylic acids is 2. The summed E-state index contributed by atoms with van der Waals surface area (Å²) in [5, 5.41) is 2.73. The van der Waals surface area contributed by atoms with Gasteiger partial charge >= 0.3 is 6.03 Å². The Morgan fingerprint density at radius 2 is 1.95 bits per heavy atom. The van der Waals surface area contributed by atoms with Gasteiger partial charge in [0.15, 0.2) is 5.96 Å². The van der Waals surface area contributed by atoms with Crippen LogP contribution in [0.1, 0.15) is 40.5 Å². The molecule has 3 N–H and O–H groups in total. The van der Waals surface area contributed by atoms with Crippen LogP contribution in [0.2, 0.25) is 0 Å². The predicted molar refractivity (Wildman–Crippen MR) is 83.0 cm³/mol. The van der Waals surface area contributed by atoms with Crippen molar-refractivity contribution in [3.8, 4) is 0 Å². The lowest BCUT2D eigenvalue weighted by atomic mass is 9.99. The first-order valence-corrected chi connectivity index (χ1v) is 7.58. The standard InChI is InChI=1S/C14H27N5O2/c1-5-14(4)11(20)19(13(21)17-14)10-8-9-16-12(15)18(6-2)7-3/h5-10H2,1-4H3,(H2,15,16)(H,17,21). The van der Waals surface area contributed by atoms with Crippen LogP contribution in [0, 0.1) is 0 Å². The van der Waals surface area contributed by atoms with E-state index < -0.39 is 5.54 Å². The van der Waals surface area contributed by atoms with E-state index in [0.29, 0.717) is 31.9 Å². The SMILES string of the molecule is CCN(CC)C(N)=NCCCN1C(=O)NC(C)(CC)C1=O. The molecular weight excluding hydrogens is 270 g/mol. The Hall–Kier alpha value is -1.79. The molecule has 21 heavy (non-hydrogen) atoms. The molecule has 1 fully saturated rings. The normalized spacial score (nSPS) is 22.7. The third-order valence-corrected chi connectivity index (χ3v) is 3.95. The van der Waals surface area contributed by atoms with Crippen molar-refractivity contribution in [1.82, 2.24) is 15.1 Å². The van der Waals surface area contributed by atoms with Crippen LogP contribution in [0.5, 0.6) is 0 Å². The zero-order valence-electron chi connectivity index (χ0n) is 13.5. The van der Waals surface area contributed by atoms with Gasteiger partial charge in [-0.15, -0.1) is 0 Å². The van der Waals surface area contributed by atoms with Gasteiger partial charge in [0.2, 0.25) is 0 Å². The summed E-state index contributed by atoms with van der Waals surface area (Å²) >= 11 is 0. The van der Waals surface area contributed by atoms with E-state index in [-0.39, 0.29) is 11.9 Å². The van der Waals surface area contributed by atoms with Crippen molar-refractivity contribution in [3.05, 3.63) is 0 Å². The number of imide groups is 1. The second-order valence-corrected chi connectivity index (χ2v) is 5.34. The maximum atomic E-state index is 12.2. The molecule has 0 saturated carbocycles. The Bertz CT molecular complexity index is 420. The summed E-state index contributed by atoms with van der Waals surface area (Å²) in [6.45, 7) is 10.2. The molecule has 1 aliphatic heterocycles. The van der Waals surface area contributed by atoms with Crippen LogP contribution in [0.15, 0.2) is 4.99 Å². The van der Waals surface area contributed by atoms with Crippen LogP contribution in [-0.4, -0.2) is 59.4 Å². The number of amides is 3. The molecule has 0 aromatic carbocycles. The number of hydrogen-bond donors (Lipinski definition) is 2. The minimum atomic E-state index is -0.763. The van der Waals surface area contributed by atoms with Gasteiger partial charge in [0.25, 0.3) is 5.91 Å². The highest BCUT2D eigenvalue weighted by molar-refractivity contribution is 6.06. The molecule has 7 nitrogen and oxygen atoms in total. The number of hydrogen-bond acceptors (Lipinski definition) is 3. The van der Waals surface area contributed by atoms with Crippen molar-refractivity contribution in [2.24, 2.45) is 10.7 Å². The molecule has 0 bridgehead atoms. The van der Waals surface area contributed by atoms with E-state index in [1.54, 1.807) is 6.92 Å². The molecule has 0 aromatic rings. The Kier molecular flexibility index (Phi) is 5.99. The molecule has 0 spiro atoms. The van der Waals surface area contributed by atoms with Gasteiger partial charge in [0.05, 0.1) is 0 Å². The number of nitrogens with one attached hydrogen (secondary N) is 1. The smallest absolute Gasteiger partial charge is 0.325 e. The third-order valence-electron chi connectivity index (χ3n) is 3.95. The monoisotopic (exact) mass is 297 g/mol. The summed E-state index contributed by atoms with van der Waals surface area (Å²) in [6.07, 6.45) is 1.20. The Morgan fingerprint density at radius 3 is 2.43 bits per heavy atom. The molecular formula is C14H27N5O2. The van der Waals surface area contributed by atoms with Gasteiger partial charge < -0.3 is 16.0 Å². The molecule has 3 amide bonds. The number of nitrogens with zero attached hydrogens (tertiary/aromatic N) is 3. The van der Waals surface area contributed by atoms with Gasteiger partial charge in [-0.2, -0.15) is 0 Å². The van der Waals surface area contributed by atoms with E-state index in [0.717, 1.165) is 13.1 Å². The zero-order chi connectivity index (χ0) is 16.0. The van der Waals surface area contributed by atoms with E-state index in [1.807, 2.05) is 25.7 Å². The first-order chi connectivity index (χ1) is 9.89. The van der Waals surface area contributed by atoms with Crippen LogP contribution in [0.25, 0.3) is 0 Å². The maximum absolute atomic E-state index is 12.2. The van der Waals surface area contributed by atoms with Crippen molar-refractivity contribution in [2.45, 2.75) is 46.1 Å². The second-order valence-electron chi connectivity index (χ2n) is 5.34. The third kappa shape index (κ3) is 3.86. The van der Waals surface area contributed by atoms with Crippen molar-refractivity contribution >= 4 is 17.9 Å². The number of carbonyl (C=O) groups is 2. The molecule has 1 saturated heterocycles. The summed E-state index contributed by atoms with van der Waals surface area (Å²) in [5.41, 5.74) is 5.11. The summed E-state index contributed by atoms with van der Waals surface area (Å²) in [5.74, 6) is 0.353. The van der Waals surface area contributed by atoms with Crippen molar-refractivity contribution < 1.29 is 9.59 Å². The first-order valence-electron chi connectivity index (χ1n) is 7.58. The number of nitrogens with two attached hydrogens (primary N) is 1. The van der Waals surface area contributed by atoms with Crippen LogP contribution in [0.3, 0.4) is 0 Å². The van der Waals surface area contributed by atoms with E-state index in [1.165, 1.54) is 4.90 Å². The number of urea groups is 1. The topological polar surface area (TPSA) is 91.0 Å². The van der Waals surface area contributed by atoms with Gasteiger partial charge in [-0.1, -0.05) is 6.92 Å². The number of aliphatic imine (C=N–C) groups is 1. The minimum absolute atomic E-state index is 0.157. The maximum Gasteiger partial charge on any atom is 0.325 e. The average Bonchev–Trinajstić information content (AvgIpc) is 2.68. The van der Waals surface area contributed by atoms with Gasteiger partial charge in [0.1, 0.15) is 5.54 Å². The van der Waals surface area contributed by atoms with Crippen molar-refractivity contribution in [1.29, 1.82) is 0 Å². The van der Waals surface area contributed by atoms with Gasteiger partial charge in [-0.3, -0.25) is 14.7 Å². The molecule has 1 atom stereocenters. The summed E-state index contributed by atoms with van der Waals surface area (Å²) in [4.78, 5) is 31.5. The molecule has 1 unspecified atom stereocenters.